The van der Waals surface area contributed by atoms with E-state index in [9.17, 15) is 4.79 Å². The Bertz CT molecular complexity index is 302. The smallest absolute Gasteiger partial charge is 0.330 e. The fourth-order valence-corrected chi connectivity index (χ4v) is 0.932. The van der Waals surface area contributed by atoms with Crippen LogP contribution in [0.25, 0.3) is 0 Å². The van der Waals surface area contributed by atoms with Crippen molar-refractivity contribution < 1.29 is 15.0 Å². The number of nitrogens with two attached hydrogens (primary N) is 1. The molecule has 0 fully saturated rings. The molecule has 0 aromatic carbocycles. The highest BCUT2D eigenvalue weighted by Gasteiger charge is 2.35. The lowest BCUT2D eigenvalue weighted by molar-refractivity contribution is -0.145. The predicted octanol–water partition coefficient (Wildman–Crippen LogP) is -0.687. The van der Waals surface area contributed by atoms with Gasteiger partial charge >= 0.3 is 5.97 Å². The molecule has 1 heterocycles. The second kappa shape index (κ2) is 3.51. The largest absolute Gasteiger partial charge is 0.480 e. The summed E-state index contributed by atoms with van der Waals surface area (Å²) in [4.78, 5) is 14.5. The van der Waals surface area contributed by atoms with Gasteiger partial charge in [-0.05, 0) is 17.7 Å². The van der Waals surface area contributed by atoms with Crippen molar-refractivity contribution in [3.8, 4) is 0 Å². The predicted molar refractivity (Wildman–Crippen MR) is 44.8 cm³/mol. The maximum atomic E-state index is 10.7. The minimum Gasteiger partial charge on any atom is -0.480 e. The topological polar surface area (TPSA) is 96.4 Å². The van der Waals surface area contributed by atoms with Gasteiger partial charge in [0.1, 0.15) is 0 Å². The van der Waals surface area contributed by atoms with Crippen LogP contribution in [0.4, 0.5) is 0 Å². The third kappa shape index (κ3) is 1.66. The molecular formula is C8H10N2O3. The van der Waals surface area contributed by atoms with Crippen molar-refractivity contribution >= 4 is 5.97 Å². The Balaban J connectivity index is 3.11. The minimum absolute atomic E-state index is 0.331. The van der Waals surface area contributed by atoms with Gasteiger partial charge in [0.25, 0.3) is 0 Å². The number of carboxylic acid groups (broad SMARTS) is 1. The Morgan fingerprint density at radius 3 is 2.46 bits per heavy atom. The molecule has 0 aliphatic rings. The zero-order chi connectivity index (χ0) is 9.90. The summed E-state index contributed by atoms with van der Waals surface area (Å²) in [7, 11) is 0. The van der Waals surface area contributed by atoms with Crippen molar-refractivity contribution in [3.05, 3.63) is 30.1 Å². The van der Waals surface area contributed by atoms with E-state index in [0.29, 0.717) is 5.56 Å². The normalized spacial score (nSPS) is 14.9. The van der Waals surface area contributed by atoms with Crippen LogP contribution in [-0.2, 0) is 10.3 Å². The molecular weight excluding hydrogens is 172 g/mol. The summed E-state index contributed by atoms with van der Waals surface area (Å²) in [6.45, 7) is -0.646. The van der Waals surface area contributed by atoms with Gasteiger partial charge in [0.05, 0.1) is 6.61 Å². The highest BCUT2D eigenvalue weighted by atomic mass is 16.4. The number of aromatic nitrogens is 1. The van der Waals surface area contributed by atoms with Crippen LogP contribution >= 0.6 is 0 Å². The van der Waals surface area contributed by atoms with Gasteiger partial charge in [-0.2, -0.15) is 0 Å². The molecule has 0 aliphatic heterocycles. The van der Waals surface area contributed by atoms with E-state index in [1.54, 1.807) is 0 Å². The Morgan fingerprint density at radius 2 is 2.08 bits per heavy atom. The Kier molecular flexibility index (Phi) is 2.60. The first-order valence-electron chi connectivity index (χ1n) is 3.65. The number of carbonyl (C=O) groups is 1. The van der Waals surface area contributed by atoms with Crippen molar-refractivity contribution in [2.45, 2.75) is 5.54 Å². The molecule has 1 unspecified atom stereocenters. The third-order valence-corrected chi connectivity index (χ3v) is 1.83. The molecule has 0 radical (unpaired) electrons. The van der Waals surface area contributed by atoms with Crippen LogP contribution in [0.5, 0.6) is 0 Å². The monoisotopic (exact) mass is 182 g/mol. The van der Waals surface area contributed by atoms with Gasteiger partial charge in [-0.15, -0.1) is 0 Å². The quantitative estimate of drug-likeness (QED) is 0.575. The van der Waals surface area contributed by atoms with E-state index in [2.05, 4.69) is 4.98 Å². The number of carboxylic acids is 1. The average Bonchev–Trinajstić information content (AvgIpc) is 2.17. The van der Waals surface area contributed by atoms with Gasteiger partial charge < -0.3 is 15.9 Å². The maximum absolute atomic E-state index is 10.7. The Hall–Kier alpha value is -1.46. The lowest BCUT2D eigenvalue weighted by atomic mass is 9.93. The second-order valence-electron chi connectivity index (χ2n) is 2.67. The van der Waals surface area contributed by atoms with E-state index < -0.39 is 18.1 Å². The number of rotatable bonds is 3. The van der Waals surface area contributed by atoms with E-state index >= 15 is 0 Å². The van der Waals surface area contributed by atoms with Gasteiger partial charge in [0.2, 0.25) is 0 Å². The van der Waals surface area contributed by atoms with E-state index in [0.717, 1.165) is 0 Å². The van der Waals surface area contributed by atoms with Crippen LogP contribution in [0.3, 0.4) is 0 Å². The molecule has 5 heteroatoms. The Labute approximate surface area is 74.8 Å². The molecule has 0 saturated carbocycles. The molecule has 1 aromatic heterocycles. The summed E-state index contributed by atoms with van der Waals surface area (Å²) in [5.41, 5.74) is 4.08. The molecule has 0 saturated heterocycles. The van der Waals surface area contributed by atoms with E-state index in [1.807, 2.05) is 0 Å². The molecule has 4 N–H and O–H groups in total. The summed E-state index contributed by atoms with van der Waals surface area (Å²) in [6.07, 6.45) is 2.85. The van der Waals surface area contributed by atoms with E-state index in [1.165, 1.54) is 24.5 Å². The Morgan fingerprint density at radius 1 is 1.54 bits per heavy atom. The van der Waals surface area contributed by atoms with E-state index in [4.69, 9.17) is 15.9 Å². The highest BCUT2D eigenvalue weighted by Crippen LogP contribution is 2.16. The van der Waals surface area contributed by atoms with Crippen LogP contribution < -0.4 is 5.73 Å². The summed E-state index contributed by atoms with van der Waals surface area (Å²) in [5.74, 6) is -1.26. The minimum atomic E-state index is -1.73. The molecule has 5 nitrogen and oxygen atoms in total. The third-order valence-electron chi connectivity index (χ3n) is 1.83. The van der Waals surface area contributed by atoms with Gasteiger partial charge in [-0.1, -0.05) is 0 Å². The number of pyridine rings is 1. The lowest BCUT2D eigenvalue weighted by Gasteiger charge is -2.21. The van der Waals surface area contributed by atoms with Gasteiger partial charge in [0, 0.05) is 12.4 Å². The van der Waals surface area contributed by atoms with Crippen LogP contribution in [0.1, 0.15) is 5.56 Å². The van der Waals surface area contributed by atoms with Crippen LogP contribution in [0, 0.1) is 0 Å². The van der Waals surface area contributed by atoms with Gasteiger partial charge in [0.15, 0.2) is 5.54 Å². The first kappa shape index (κ1) is 9.63. The maximum Gasteiger partial charge on any atom is 0.330 e. The molecule has 1 atom stereocenters. The molecule has 1 rings (SSSR count). The van der Waals surface area contributed by atoms with Crippen LogP contribution in [0.2, 0.25) is 0 Å². The summed E-state index contributed by atoms with van der Waals surface area (Å²) >= 11 is 0. The molecule has 0 amide bonds. The number of nitrogens with zero attached hydrogens (tertiary/aromatic N) is 1. The molecule has 70 valence electrons. The number of aliphatic hydroxyl groups excluding tert-OH is 1. The summed E-state index contributed by atoms with van der Waals surface area (Å²) in [5, 5.41) is 17.7. The molecule has 0 spiro atoms. The van der Waals surface area contributed by atoms with Crippen molar-refractivity contribution in [1.29, 1.82) is 0 Å². The molecule has 0 bridgehead atoms. The summed E-state index contributed by atoms with van der Waals surface area (Å²) < 4.78 is 0. The number of aliphatic carboxylic acids is 1. The summed E-state index contributed by atoms with van der Waals surface area (Å²) in [6, 6.07) is 2.93. The fraction of sp³-hybridized carbons (Fsp3) is 0.250. The van der Waals surface area contributed by atoms with E-state index in [-0.39, 0.29) is 0 Å². The zero-order valence-corrected chi connectivity index (χ0v) is 6.84. The zero-order valence-electron chi connectivity index (χ0n) is 6.84. The lowest BCUT2D eigenvalue weighted by Crippen LogP contribution is -2.48. The molecule has 1 aromatic rings. The van der Waals surface area contributed by atoms with Gasteiger partial charge in [-0.25, -0.2) is 4.79 Å². The number of aliphatic hydroxyl groups is 1. The molecule has 13 heavy (non-hydrogen) atoms. The van der Waals surface area contributed by atoms with Crippen molar-refractivity contribution in [2.24, 2.45) is 5.73 Å². The average molecular weight is 182 g/mol. The first-order valence-corrected chi connectivity index (χ1v) is 3.65. The van der Waals surface area contributed by atoms with Crippen LogP contribution in [0.15, 0.2) is 24.5 Å². The van der Waals surface area contributed by atoms with Crippen molar-refractivity contribution in [2.75, 3.05) is 6.61 Å². The second-order valence-corrected chi connectivity index (χ2v) is 2.67. The van der Waals surface area contributed by atoms with Crippen molar-refractivity contribution in [3.63, 3.8) is 0 Å². The van der Waals surface area contributed by atoms with Crippen molar-refractivity contribution in [1.82, 2.24) is 4.98 Å². The van der Waals surface area contributed by atoms with Crippen LogP contribution in [-0.4, -0.2) is 27.8 Å². The van der Waals surface area contributed by atoms with Gasteiger partial charge in [-0.3, -0.25) is 4.98 Å². The SMILES string of the molecule is NC(CO)(C(=O)O)c1ccncc1. The standard InChI is InChI=1S/C8H10N2O3/c9-8(5-11,7(12)13)6-1-3-10-4-2-6/h1-4,11H,5,9H2,(H,12,13). The number of hydrogen-bond donors (Lipinski definition) is 3. The fourth-order valence-electron chi connectivity index (χ4n) is 0.932. The highest BCUT2D eigenvalue weighted by molar-refractivity contribution is 5.80. The number of hydrogen-bond acceptors (Lipinski definition) is 4. The molecule has 0 aliphatic carbocycles. The first-order chi connectivity index (χ1) is 6.11.